The summed E-state index contributed by atoms with van der Waals surface area (Å²) in [6.45, 7) is 3.98. The summed E-state index contributed by atoms with van der Waals surface area (Å²) in [4.78, 5) is 0. The van der Waals surface area contributed by atoms with Gasteiger partial charge in [-0.15, -0.1) is 0 Å². The molecule has 0 spiro atoms. The van der Waals surface area contributed by atoms with Crippen molar-refractivity contribution < 1.29 is 13.2 Å². The highest BCUT2D eigenvalue weighted by Gasteiger charge is 2.20. The van der Waals surface area contributed by atoms with Crippen LogP contribution < -0.4 is 0 Å². The lowest BCUT2D eigenvalue weighted by atomic mass is 9.79. The Morgan fingerprint density at radius 2 is 1.54 bits per heavy atom. The second-order valence-electron chi connectivity index (χ2n) is 9.84. The number of benzene rings is 3. The van der Waals surface area contributed by atoms with Crippen molar-refractivity contribution in [3.8, 4) is 11.1 Å². The molecule has 0 bridgehead atoms. The molecule has 0 nitrogen and oxygen atoms in total. The van der Waals surface area contributed by atoms with Gasteiger partial charge in [0.25, 0.3) is 0 Å². The van der Waals surface area contributed by atoms with Gasteiger partial charge >= 0.3 is 0 Å². The standard InChI is InChI=1S/C32H35F3/c1-3-5-6-8-27-21-26-19-20-28(31(34)29(26)32(35)30(27)33)25-17-15-24(16-18-25)14-13-23-11-9-22(7-4-2)10-12-23/h3-5,7,15-23H,6,8-14H2,1-2H3/b5-3+,7-4+. The second-order valence-corrected chi connectivity index (χ2v) is 9.84. The SMILES string of the molecule is C/C=C/CCc1cc2ccc(-c3ccc(CCC4CCC(/C=C/C)CC4)cc3)c(F)c2c(F)c1F. The van der Waals surface area contributed by atoms with Crippen LogP contribution in [0.2, 0.25) is 0 Å². The van der Waals surface area contributed by atoms with Gasteiger partial charge in [-0.1, -0.05) is 60.7 Å². The largest absolute Gasteiger partial charge is 0.206 e. The first-order valence-corrected chi connectivity index (χ1v) is 12.9. The van der Waals surface area contributed by atoms with E-state index in [1.54, 1.807) is 18.2 Å². The van der Waals surface area contributed by atoms with E-state index in [0.29, 0.717) is 29.4 Å². The third-order valence-corrected chi connectivity index (χ3v) is 7.48. The summed E-state index contributed by atoms with van der Waals surface area (Å²) in [5.41, 5.74) is 2.48. The molecule has 0 N–H and O–H groups in total. The van der Waals surface area contributed by atoms with E-state index in [9.17, 15) is 8.78 Å². The van der Waals surface area contributed by atoms with Crippen molar-refractivity contribution in [1.29, 1.82) is 0 Å². The molecular weight excluding hydrogens is 441 g/mol. The Morgan fingerprint density at radius 3 is 2.23 bits per heavy atom. The number of aryl methyl sites for hydroxylation is 2. The van der Waals surface area contributed by atoms with Gasteiger partial charge in [0.15, 0.2) is 11.6 Å². The zero-order valence-electron chi connectivity index (χ0n) is 20.8. The molecule has 3 aromatic carbocycles. The first-order valence-electron chi connectivity index (χ1n) is 12.9. The van der Waals surface area contributed by atoms with Crippen molar-refractivity contribution in [3.63, 3.8) is 0 Å². The van der Waals surface area contributed by atoms with Gasteiger partial charge in [-0.25, -0.2) is 13.2 Å². The maximum atomic E-state index is 15.4. The molecule has 0 unspecified atom stereocenters. The first kappa shape index (κ1) is 25.3. The topological polar surface area (TPSA) is 0 Å². The van der Waals surface area contributed by atoms with Gasteiger partial charge in [0, 0.05) is 5.56 Å². The molecule has 1 fully saturated rings. The third-order valence-electron chi connectivity index (χ3n) is 7.48. The van der Waals surface area contributed by atoms with Gasteiger partial charge in [0.1, 0.15) is 5.82 Å². The molecule has 0 heterocycles. The van der Waals surface area contributed by atoms with Crippen LogP contribution in [0.5, 0.6) is 0 Å². The molecule has 0 saturated heterocycles. The predicted octanol–water partition coefficient (Wildman–Crippen LogP) is 9.75. The minimum Gasteiger partial charge on any atom is -0.206 e. The molecule has 0 aromatic heterocycles. The van der Waals surface area contributed by atoms with Crippen molar-refractivity contribution in [2.24, 2.45) is 11.8 Å². The van der Waals surface area contributed by atoms with Crippen LogP contribution in [0.15, 0.2) is 66.8 Å². The number of fused-ring (bicyclic) bond motifs is 1. The van der Waals surface area contributed by atoms with Crippen LogP contribution in [-0.2, 0) is 12.8 Å². The van der Waals surface area contributed by atoms with Crippen molar-refractivity contribution in [2.45, 2.75) is 65.2 Å². The van der Waals surface area contributed by atoms with Gasteiger partial charge in [-0.05, 0) is 105 Å². The lowest BCUT2D eigenvalue weighted by Gasteiger charge is -2.26. The molecule has 0 radical (unpaired) electrons. The Morgan fingerprint density at radius 1 is 0.800 bits per heavy atom. The molecule has 1 aliphatic rings. The fraction of sp³-hybridized carbons (Fsp3) is 0.375. The fourth-order valence-electron chi connectivity index (χ4n) is 5.41. The van der Waals surface area contributed by atoms with Crippen LogP contribution in [0, 0.1) is 29.3 Å². The second kappa shape index (κ2) is 11.7. The van der Waals surface area contributed by atoms with Crippen LogP contribution in [-0.4, -0.2) is 0 Å². The summed E-state index contributed by atoms with van der Waals surface area (Å²) < 4.78 is 44.9. The highest BCUT2D eigenvalue weighted by Crippen LogP contribution is 2.34. The molecule has 0 aliphatic heterocycles. The Bertz CT molecular complexity index is 1200. The van der Waals surface area contributed by atoms with Gasteiger partial charge in [0.05, 0.1) is 5.39 Å². The fourth-order valence-corrected chi connectivity index (χ4v) is 5.41. The van der Waals surface area contributed by atoms with E-state index in [1.165, 1.54) is 37.7 Å². The molecule has 4 rings (SSSR count). The van der Waals surface area contributed by atoms with E-state index in [0.717, 1.165) is 18.3 Å². The minimum atomic E-state index is -1.10. The lowest BCUT2D eigenvalue weighted by molar-refractivity contribution is 0.296. The molecule has 1 saturated carbocycles. The number of hydrogen-bond donors (Lipinski definition) is 0. The van der Waals surface area contributed by atoms with Crippen molar-refractivity contribution >= 4 is 10.8 Å². The van der Waals surface area contributed by atoms with E-state index in [2.05, 4.69) is 19.1 Å². The van der Waals surface area contributed by atoms with Crippen LogP contribution in [0.4, 0.5) is 13.2 Å². The number of rotatable bonds is 8. The number of hydrogen-bond acceptors (Lipinski definition) is 0. The Hall–Kier alpha value is -2.81. The summed E-state index contributed by atoms with van der Waals surface area (Å²) in [6, 6.07) is 12.8. The normalized spacial score (nSPS) is 18.8. The van der Waals surface area contributed by atoms with Crippen molar-refractivity contribution in [2.75, 3.05) is 0 Å². The van der Waals surface area contributed by atoms with Gasteiger partial charge < -0.3 is 0 Å². The van der Waals surface area contributed by atoms with E-state index < -0.39 is 17.5 Å². The smallest absolute Gasteiger partial charge is 0.169 e. The van der Waals surface area contributed by atoms with E-state index in [1.807, 2.05) is 43.3 Å². The molecule has 1 aliphatic carbocycles. The van der Waals surface area contributed by atoms with Crippen LogP contribution >= 0.6 is 0 Å². The third kappa shape index (κ3) is 5.89. The summed E-state index contributed by atoms with van der Waals surface area (Å²) in [5.74, 6) is -1.24. The highest BCUT2D eigenvalue weighted by atomic mass is 19.2. The lowest BCUT2D eigenvalue weighted by Crippen LogP contribution is -2.13. The monoisotopic (exact) mass is 476 g/mol. The summed E-state index contributed by atoms with van der Waals surface area (Å²) in [6.07, 6.45) is 16.6. The quantitative estimate of drug-likeness (QED) is 0.284. The van der Waals surface area contributed by atoms with Gasteiger partial charge in [-0.3, -0.25) is 0 Å². The molecule has 35 heavy (non-hydrogen) atoms. The predicted molar refractivity (Wildman–Crippen MR) is 141 cm³/mol. The van der Waals surface area contributed by atoms with Crippen LogP contribution in [0.3, 0.4) is 0 Å². The average Bonchev–Trinajstić information content (AvgIpc) is 2.87. The molecule has 0 atom stereocenters. The van der Waals surface area contributed by atoms with Crippen LogP contribution in [0.25, 0.3) is 21.9 Å². The number of allylic oxidation sites excluding steroid dienone is 4. The Balaban J connectivity index is 1.48. The van der Waals surface area contributed by atoms with E-state index in [4.69, 9.17) is 0 Å². The summed E-state index contributed by atoms with van der Waals surface area (Å²) in [5, 5.41) is 0.119. The molecular formula is C32H35F3. The molecule has 0 amide bonds. The minimum absolute atomic E-state index is 0.271. The van der Waals surface area contributed by atoms with E-state index in [-0.39, 0.29) is 10.9 Å². The summed E-state index contributed by atoms with van der Waals surface area (Å²) >= 11 is 0. The summed E-state index contributed by atoms with van der Waals surface area (Å²) in [7, 11) is 0. The average molecular weight is 477 g/mol. The van der Waals surface area contributed by atoms with Crippen molar-refractivity contribution in [1.82, 2.24) is 0 Å². The zero-order valence-corrected chi connectivity index (χ0v) is 20.8. The van der Waals surface area contributed by atoms with Crippen LogP contribution in [0.1, 0.15) is 63.5 Å². The Kier molecular flexibility index (Phi) is 8.49. The molecule has 184 valence electrons. The zero-order chi connectivity index (χ0) is 24.8. The van der Waals surface area contributed by atoms with Gasteiger partial charge in [-0.2, -0.15) is 0 Å². The maximum absolute atomic E-state index is 15.4. The highest BCUT2D eigenvalue weighted by molar-refractivity contribution is 5.89. The maximum Gasteiger partial charge on any atom is 0.169 e. The molecule has 3 heteroatoms. The van der Waals surface area contributed by atoms with E-state index >= 15 is 4.39 Å². The number of halogens is 3. The van der Waals surface area contributed by atoms with Crippen molar-refractivity contribution in [3.05, 3.63) is 95.3 Å². The molecule has 3 aromatic rings. The first-order chi connectivity index (χ1) is 17.0. The Labute approximate surface area is 207 Å². The van der Waals surface area contributed by atoms with Gasteiger partial charge in [0.2, 0.25) is 0 Å².